The molecular formula is C9H14. The Hall–Kier alpha value is 0. The quantitative estimate of drug-likeness (QED) is 0.463. The first-order chi connectivity index (χ1) is 4.36. The van der Waals surface area contributed by atoms with Crippen molar-refractivity contribution in [1.82, 2.24) is 0 Å². The molecule has 50 valence electrons. The van der Waals surface area contributed by atoms with E-state index in [0.717, 1.165) is 11.8 Å². The highest BCUT2D eigenvalue weighted by Crippen LogP contribution is 2.46. The highest BCUT2D eigenvalue weighted by Gasteiger charge is 2.34. The van der Waals surface area contributed by atoms with Crippen LogP contribution in [0.3, 0.4) is 0 Å². The molecule has 0 amide bonds. The van der Waals surface area contributed by atoms with Gasteiger partial charge in [-0.1, -0.05) is 6.92 Å². The zero-order valence-corrected chi connectivity index (χ0v) is 6.06. The lowest BCUT2D eigenvalue weighted by atomic mass is 9.88. The van der Waals surface area contributed by atoms with E-state index in [0.29, 0.717) is 0 Å². The summed E-state index contributed by atoms with van der Waals surface area (Å²) >= 11 is 0. The van der Waals surface area contributed by atoms with Crippen LogP contribution in [0.25, 0.3) is 0 Å². The van der Waals surface area contributed by atoms with E-state index in [2.05, 4.69) is 13.3 Å². The molecule has 2 rings (SSSR count). The summed E-state index contributed by atoms with van der Waals surface area (Å²) in [5, 5.41) is 0. The SMILES string of the molecule is CC1C[C]2CC[CH]C1C2. The molecule has 2 aliphatic carbocycles. The first-order valence-electron chi connectivity index (χ1n) is 4.03. The molecule has 2 saturated carbocycles. The van der Waals surface area contributed by atoms with Crippen molar-refractivity contribution in [3.05, 3.63) is 12.3 Å². The Kier molecular flexibility index (Phi) is 1.28. The minimum atomic E-state index is 0.966. The van der Waals surface area contributed by atoms with Crippen LogP contribution < -0.4 is 0 Å². The summed E-state index contributed by atoms with van der Waals surface area (Å²) in [6.45, 7) is 2.39. The molecule has 0 heteroatoms. The molecule has 2 radical (unpaired) electrons. The molecule has 2 unspecified atom stereocenters. The molecule has 9 heavy (non-hydrogen) atoms. The van der Waals surface area contributed by atoms with E-state index in [-0.39, 0.29) is 0 Å². The van der Waals surface area contributed by atoms with Gasteiger partial charge in [-0.3, -0.25) is 0 Å². The summed E-state index contributed by atoms with van der Waals surface area (Å²) in [6, 6.07) is 0. The van der Waals surface area contributed by atoms with Gasteiger partial charge in [0, 0.05) is 0 Å². The van der Waals surface area contributed by atoms with Crippen molar-refractivity contribution < 1.29 is 0 Å². The molecule has 2 atom stereocenters. The average molecular weight is 122 g/mol. The topological polar surface area (TPSA) is 0 Å². The van der Waals surface area contributed by atoms with Crippen LogP contribution in [-0.2, 0) is 0 Å². The van der Waals surface area contributed by atoms with Crippen molar-refractivity contribution in [2.75, 3.05) is 0 Å². The molecule has 0 aromatic heterocycles. The maximum atomic E-state index is 2.53. The molecule has 0 spiro atoms. The lowest BCUT2D eigenvalue weighted by molar-refractivity contribution is 0.456. The minimum absolute atomic E-state index is 0.966. The van der Waals surface area contributed by atoms with Gasteiger partial charge in [-0.25, -0.2) is 0 Å². The van der Waals surface area contributed by atoms with Crippen molar-refractivity contribution in [1.29, 1.82) is 0 Å². The molecule has 0 saturated heterocycles. The molecule has 0 nitrogen and oxygen atoms in total. The van der Waals surface area contributed by atoms with E-state index in [4.69, 9.17) is 0 Å². The molecule has 2 aliphatic rings. The lowest BCUT2D eigenvalue weighted by Gasteiger charge is -2.17. The van der Waals surface area contributed by atoms with Crippen LogP contribution in [-0.4, -0.2) is 0 Å². The number of hydrogen-bond donors (Lipinski definition) is 0. The van der Waals surface area contributed by atoms with Gasteiger partial charge in [0.1, 0.15) is 0 Å². The zero-order valence-electron chi connectivity index (χ0n) is 6.06. The van der Waals surface area contributed by atoms with Crippen molar-refractivity contribution in [2.45, 2.75) is 32.6 Å². The van der Waals surface area contributed by atoms with Crippen LogP contribution in [0.4, 0.5) is 0 Å². The Morgan fingerprint density at radius 2 is 2.33 bits per heavy atom. The fraction of sp³-hybridized carbons (Fsp3) is 0.778. The Labute approximate surface area is 57.6 Å². The number of fused-ring (bicyclic) bond motifs is 2. The van der Waals surface area contributed by atoms with Crippen LogP contribution in [0, 0.1) is 24.2 Å². The highest BCUT2D eigenvalue weighted by atomic mass is 14.4. The predicted octanol–water partition coefficient (Wildman–Crippen LogP) is 2.61. The van der Waals surface area contributed by atoms with Gasteiger partial charge in [0.2, 0.25) is 0 Å². The third-order valence-electron chi connectivity index (χ3n) is 2.83. The van der Waals surface area contributed by atoms with Gasteiger partial charge in [0.15, 0.2) is 0 Å². The summed E-state index contributed by atoms with van der Waals surface area (Å²) in [5.74, 6) is 3.78. The lowest BCUT2D eigenvalue weighted by Crippen LogP contribution is -2.06. The Balaban J connectivity index is 2.07. The summed E-state index contributed by atoms with van der Waals surface area (Å²) < 4.78 is 0. The first kappa shape index (κ1) is 5.76. The fourth-order valence-corrected chi connectivity index (χ4v) is 2.25. The Bertz CT molecular complexity index is 105. The highest BCUT2D eigenvalue weighted by molar-refractivity contribution is 5.09. The molecule has 0 aromatic carbocycles. The first-order valence-corrected chi connectivity index (χ1v) is 4.03. The van der Waals surface area contributed by atoms with E-state index in [1.54, 1.807) is 0 Å². The molecular weight excluding hydrogens is 108 g/mol. The fourth-order valence-electron chi connectivity index (χ4n) is 2.25. The molecule has 0 heterocycles. The summed E-state index contributed by atoms with van der Waals surface area (Å²) in [6.07, 6.45) is 8.16. The predicted molar refractivity (Wildman–Crippen MR) is 38.7 cm³/mol. The van der Waals surface area contributed by atoms with E-state index in [1.165, 1.54) is 25.7 Å². The van der Waals surface area contributed by atoms with E-state index >= 15 is 0 Å². The number of hydrogen-bond acceptors (Lipinski definition) is 0. The van der Waals surface area contributed by atoms with Gasteiger partial charge in [-0.15, -0.1) is 0 Å². The van der Waals surface area contributed by atoms with Crippen molar-refractivity contribution in [2.24, 2.45) is 11.8 Å². The van der Waals surface area contributed by atoms with E-state index in [1.807, 2.05) is 5.92 Å². The zero-order chi connectivity index (χ0) is 6.27. The van der Waals surface area contributed by atoms with Gasteiger partial charge < -0.3 is 0 Å². The van der Waals surface area contributed by atoms with Gasteiger partial charge in [0.05, 0.1) is 0 Å². The van der Waals surface area contributed by atoms with Gasteiger partial charge >= 0.3 is 0 Å². The van der Waals surface area contributed by atoms with E-state index in [9.17, 15) is 0 Å². The molecule has 0 N–H and O–H groups in total. The second-order valence-corrected chi connectivity index (χ2v) is 3.57. The van der Waals surface area contributed by atoms with Gasteiger partial charge in [-0.2, -0.15) is 0 Å². The van der Waals surface area contributed by atoms with Crippen LogP contribution in [0.2, 0.25) is 0 Å². The van der Waals surface area contributed by atoms with E-state index < -0.39 is 0 Å². The molecule has 0 aliphatic heterocycles. The third kappa shape index (κ3) is 0.889. The Morgan fingerprint density at radius 1 is 1.44 bits per heavy atom. The van der Waals surface area contributed by atoms with Crippen molar-refractivity contribution >= 4 is 0 Å². The minimum Gasteiger partial charge on any atom is -0.0622 e. The standard InChI is InChI=1S/C9H14/c1-7-5-8-3-2-4-9(7)6-8/h4,7,9H,2-3,5-6H2,1H3. The summed E-state index contributed by atoms with van der Waals surface area (Å²) in [7, 11) is 0. The maximum Gasteiger partial charge on any atom is -0.0235 e. The smallest absolute Gasteiger partial charge is 0.0235 e. The van der Waals surface area contributed by atoms with Crippen LogP contribution in [0.15, 0.2) is 0 Å². The second kappa shape index (κ2) is 2.00. The van der Waals surface area contributed by atoms with Crippen molar-refractivity contribution in [3.8, 4) is 0 Å². The monoisotopic (exact) mass is 122 g/mol. The van der Waals surface area contributed by atoms with Crippen LogP contribution in [0.5, 0.6) is 0 Å². The Morgan fingerprint density at radius 3 is 3.00 bits per heavy atom. The summed E-state index contributed by atoms with van der Waals surface area (Å²) in [4.78, 5) is 0. The van der Waals surface area contributed by atoms with Gasteiger partial charge in [-0.05, 0) is 49.9 Å². The van der Waals surface area contributed by atoms with Crippen molar-refractivity contribution in [3.63, 3.8) is 0 Å². The second-order valence-electron chi connectivity index (χ2n) is 3.57. The largest absolute Gasteiger partial charge is 0.0622 e. The van der Waals surface area contributed by atoms with Crippen LogP contribution >= 0.6 is 0 Å². The third-order valence-corrected chi connectivity index (χ3v) is 2.83. The van der Waals surface area contributed by atoms with Gasteiger partial charge in [0.25, 0.3) is 0 Å². The molecule has 2 fully saturated rings. The average Bonchev–Trinajstić information content (AvgIpc) is 2.09. The normalized spacial score (nSPS) is 43.7. The molecule has 0 aromatic rings. The summed E-state index contributed by atoms with van der Waals surface area (Å²) in [5.41, 5.74) is 0. The molecule has 2 bridgehead atoms. The maximum absolute atomic E-state index is 2.53. The van der Waals surface area contributed by atoms with Crippen LogP contribution in [0.1, 0.15) is 32.6 Å². The number of rotatable bonds is 0.